The van der Waals surface area contributed by atoms with Crippen LogP contribution in [0.15, 0.2) is 52.9 Å². The Kier molecular flexibility index (Phi) is 4.02. The molecule has 0 saturated carbocycles. The molecule has 1 aliphatic rings. The highest BCUT2D eigenvalue weighted by atomic mass is 32.1. The number of benzene rings is 2. The Hall–Kier alpha value is -3.32. The fourth-order valence-electron chi connectivity index (χ4n) is 3.13. The summed E-state index contributed by atoms with van der Waals surface area (Å²) in [6, 6.07) is 15.2. The van der Waals surface area contributed by atoms with Crippen molar-refractivity contribution in [2.45, 2.75) is 13.3 Å². The van der Waals surface area contributed by atoms with E-state index in [4.69, 9.17) is 13.9 Å². The number of para-hydroxylation sites is 1. The predicted molar refractivity (Wildman–Crippen MR) is 106 cm³/mol. The molecule has 2 aromatic carbocycles. The lowest BCUT2D eigenvalue weighted by molar-refractivity contribution is 0.0998. The Morgan fingerprint density at radius 3 is 2.89 bits per heavy atom. The van der Waals surface area contributed by atoms with Crippen LogP contribution in [-0.4, -0.2) is 17.7 Å². The molecule has 0 atom stereocenters. The molecule has 0 saturated heterocycles. The number of amides is 1. The molecule has 1 amide bonds. The van der Waals surface area contributed by atoms with Crippen molar-refractivity contribution < 1.29 is 18.7 Å². The summed E-state index contributed by atoms with van der Waals surface area (Å²) in [4.78, 5) is 18.1. The number of fused-ring (bicyclic) bond motifs is 2. The number of carbonyl (C=O) groups is 1. The molecule has 0 fully saturated rings. The number of rotatable bonds is 4. The number of ether oxygens (including phenoxy) is 2. The van der Waals surface area contributed by atoms with Crippen LogP contribution in [0.3, 0.4) is 0 Å². The Balaban J connectivity index is 1.33. The maximum Gasteiger partial charge on any atom is 0.293 e. The highest BCUT2D eigenvalue weighted by molar-refractivity contribution is 7.15. The van der Waals surface area contributed by atoms with Gasteiger partial charge in [-0.3, -0.25) is 10.1 Å². The number of furan rings is 1. The number of hydrogen-bond donors (Lipinski definition) is 1. The van der Waals surface area contributed by atoms with Gasteiger partial charge in [0.25, 0.3) is 5.91 Å². The van der Waals surface area contributed by atoms with Crippen molar-refractivity contribution >= 4 is 33.3 Å². The van der Waals surface area contributed by atoms with Crippen molar-refractivity contribution in [3.8, 4) is 11.5 Å². The Labute approximate surface area is 164 Å². The van der Waals surface area contributed by atoms with E-state index < -0.39 is 0 Å². The number of anilines is 1. The first kappa shape index (κ1) is 16.8. The number of aromatic nitrogens is 1. The second-order valence-electron chi connectivity index (χ2n) is 6.49. The number of carbonyl (C=O) groups excluding carboxylic acids is 1. The minimum Gasteiger partial charge on any atom is -0.454 e. The summed E-state index contributed by atoms with van der Waals surface area (Å²) >= 11 is 1.46. The van der Waals surface area contributed by atoms with E-state index in [1.54, 1.807) is 6.07 Å². The molecule has 28 heavy (non-hydrogen) atoms. The molecule has 0 spiro atoms. The van der Waals surface area contributed by atoms with Crippen molar-refractivity contribution in [1.29, 1.82) is 0 Å². The lowest BCUT2D eigenvalue weighted by Crippen LogP contribution is -2.10. The standard InChI is InChI=1S/C21H16N2O4S/c1-12-19(9-13-6-7-16-17(8-13)26-11-25-16)28-21(22-12)23-20(24)18-10-14-4-2-3-5-15(14)27-18/h2-8,10H,9,11H2,1H3,(H,22,23,24). The van der Waals surface area contributed by atoms with Crippen molar-refractivity contribution in [3.05, 3.63) is 70.4 Å². The van der Waals surface area contributed by atoms with Gasteiger partial charge < -0.3 is 13.9 Å². The third kappa shape index (κ3) is 3.10. The Morgan fingerprint density at radius 1 is 1.14 bits per heavy atom. The van der Waals surface area contributed by atoms with E-state index in [0.29, 0.717) is 17.1 Å². The van der Waals surface area contributed by atoms with Crippen LogP contribution in [0, 0.1) is 6.92 Å². The van der Waals surface area contributed by atoms with Gasteiger partial charge in [-0.1, -0.05) is 24.3 Å². The van der Waals surface area contributed by atoms with E-state index in [1.165, 1.54) is 11.3 Å². The molecule has 0 unspecified atom stereocenters. The maximum absolute atomic E-state index is 12.5. The zero-order valence-corrected chi connectivity index (χ0v) is 15.8. The monoisotopic (exact) mass is 392 g/mol. The average Bonchev–Trinajstić information content (AvgIpc) is 3.40. The predicted octanol–water partition coefficient (Wildman–Crippen LogP) is 4.77. The minimum atomic E-state index is -0.306. The third-order valence-electron chi connectivity index (χ3n) is 4.56. The number of aryl methyl sites for hydroxylation is 1. The van der Waals surface area contributed by atoms with Crippen LogP contribution < -0.4 is 14.8 Å². The summed E-state index contributed by atoms with van der Waals surface area (Å²) in [5.74, 6) is 1.49. The molecule has 2 aromatic heterocycles. The topological polar surface area (TPSA) is 73.6 Å². The smallest absolute Gasteiger partial charge is 0.293 e. The first-order chi connectivity index (χ1) is 13.7. The van der Waals surface area contributed by atoms with Gasteiger partial charge in [0, 0.05) is 16.7 Å². The normalized spacial score (nSPS) is 12.5. The molecule has 3 heterocycles. The van der Waals surface area contributed by atoms with Crippen LogP contribution >= 0.6 is 11.3 Å². The second-order valence-corrected chi connectivity index (χ2v) is 7.58. The Bertz CT molecular complexity index is 1160. The first-order valence-corrected chi connectivity index (χ1v) is 9.62. The van der Waals surface area contributed by atoms with Crippen LogP contribution in [0.5, 0.6) is 11.5 Å². The fourth-order valence-corrected chi connectivity index (χ4v) is 4.13. The molecule has 1 aliphatic heterocycles. The van der Waals surface area contributed by atoms with Crippen LogP contribution in [0.4, 0.5) is 5.13 Å². The van der Waals surface area contributed by atoms with Gasteiger partial charge in [-0.15, -0.1) is 11.3 Å². The van der Waals surface area contributed by atoms with E-state index in [0.717, 1.165) is 33.0 Å². The molecule has 140 valence electrons. The summed E-state index contributed by atoms with van der Waals surface area (Å²) in [6.07, 6.45) is 0.709. The van der Waals surface area contributed by atoms with Crippen LogP contribution in [-0.2, 0) is 6.42 Å². The molecule has 6 nitrogen and oxygen atoms in total. The molecule has 1 N–H and O–H groups in total. The van der Waals surface area contributed by atoms with Gasteiger partial charge in [0.05, 0.1) is 5.69 Å². The van der Waals surface area contributed by atoms with Crippen LogP contribution in [0.25, 0.3) is 11.0 Å². The fraction of sp³-hybridized carbons (Fsp3) is 0.143. The summed E-state index contributed by atoms with van der Waals surface area (Å²) in [6.45, 7) is 2.20. The Morgan fingerprint density at radius 2 is 2.00 bits per heavy atom. The van der Waals surface area contributed by atoms with E-state index in [1.807, 2.05) is 49.4 Å². The zero-order valence-electron chi connectivity index (χ0n) is 15.0. The van der Waals surface area contributed by atoms with Gasteiger partial charge in [0.15, 0.2) is 22.4 Å². The van der Waals surface area contributed by atoms with Crippen molar-refractivity contribution in [2.75, 3.05) is 12.1 Å². The number of nitrogens with one attached hydrogen (secondary N) is 1. The van der Waals surface area contributed by atoms with E-state index in [-0.39, 0.29) is 18.5 Å². The number of thiazole rings is 1. The molecule has 0 radical (unpaired) electrons. The highest BCUT2D eigenvalue weighted by Gasteiger charge is 2.17. The molecule has 4 aromatic rings. The van der Waals surface area contributed by atoms with Crippen molar-refractivity contribution in [1.82, 2.24) is 4.98 Å². The summed E-state index contributed by atoms with van der Waals surface area (Å²) < 4.78 is 16.4. The lowest BCUT2D eigenvalue weighted by Gasteiger charge is -2.02. The van der Waals surface area contributed by atoms with Crippen molar-refractivity contribution in [2.24, 2.45) is 0 Å². The summed E-state index contributed by atoms with van der Waals surface area (Å²) in [5.41, 5.74) is 2.68. The highest BCUT2D eigenvalue weighted by Crippen LogP contribution is 2.34. The SMILES string of the molecule is Cc1nc(NC(=O)c2cc3ccccc3o2)sc1Cc1ccc2c(c1)OCO2. The minimum absolute atomic E-state index is 0.260. The molecule has 0 bridgehead atoms. The second kappa shape index (κ2) is 6.69. The molecular weight excluding hydrogens is 376 g/mol. The largest absolute Gasteiger partial charge is 0.454 e. The van der Waals surface area contributed by atoms with E-state index >= 15 is 0 Å². The maximum atomic E-state index is 12.5. The van der Waals surface area contributed by atoms with Crippen LogP contribution in [0.1, 0.15) is 26.7 Å². The molecule has 0 aliphatic carbocycles. The number of hydrogen-bond acceptors (Lipinski definition) is 6. The van der Waals surface area contributed by atoms with Gasteiger partial charge >= 0.3 is 0 Å². The molecule has 5 rings (SSSR count). The zero-order chi connectivity index (χ0) is 19.1. The lowest BCUT2D eigenvalue weighted by atomic mass is 10.1. The average molecular weight is 392 g/mol. The molecular formula is C21H16N2O4S. The van der Waals surface area contributed by atoms with Crippen molar-refractivity contribution in [3.63, 3.8) is 0 Å². The van der Waals surface area contributed by atoms with Gasteiger partial charge in [-0.2, -0.15) is 0 Å². The molecule has 7 heteroatoms. The van der Waals surface area contributed by atoms with Gasteiger partial charge in [0.2, 0.25) is 6.79 Å². The van der Waals surface area contributed by atoms with Crippen LogP contribution in [0.2, 0.25) is 0 Å². The van der Waals surface area contributed by atoms with Gasteiger partial charge in [-0.05, 0) is 36.8 Å². The summed E-state index contributed by atoms with van der Waals surface area (Å²) in [7, 11) is 0. The van der Waals surface area contributed by atoms with Gasteiger partial charge in [-0.25, -0.2) is 4.98 Å². The van der Waals surface area contributed by atoms with Gasteiger partial charge in [0.1, 0.15) is 5.58 Å². The van der Waals surface area contributed by atoms with E-state index in [2.05, 4.69) is 10.3 Å². The number of nitrogens with zero attached hydrogens (tertiary/aromatic N) is 1. The quantitative estimate of drug-likeness (QED) is 0.542. The first-order valence-electron chi connectivity index (χ1n) is 8.80. The van der Waals surface area contributed by atoms with E-state index in [9.17, 15) is 4.79 Å². The summed E-state index contributed by atoms with van der Waals surface area (Å²) in [5, 5.41) is 4.29. The third-order valence-corrected chi connectivity index (χ3v) is 5.64.